The van der Waals surface area contributed by atoms with Crippen LogP contribution in [0, 0.1) is 5.82 Å². The van der Waals surface area contributed by atoms with E-state index >= 15 is 0 Å². The molecule has 1 rings (SSSR count). The van der Waals surface area contributed by atoms with Gasteiger partial charge in [0.2, 0.25) is 0 Å². The molecule has 0 spiro atoms. The molecule has 0 unspecified atom stereocenters. The van der Waals surface area contributed by atoms with Crippen LogP contribution in [0.3, 0.4) is 0 Å². The smallest absolute Gasteiger partial charge is 0.179 e. The number of carbonyl (C=O) groups excluding carboxylic acids is 1. The third kappa shape index (κ3) is 2.54. The molecule has 1 aromatic carbocycles. The monoisotopic (exact) mass is 243 g/mol. The van der Waals surface area contributed by atoms with E-state index in [9.17, 15) is 9.18 Å². The van der Waals surface area contributed by atoms with Gasteiger partial charge in [0.15, 0.2) is 11.6 Å². The first kappa shape index (κ1) is 13.0. The van der Waals surface area contributed by atoms with Gasteiger partial charge in [-0.05, 0) is 25.4 Å². The van der Waals surface area contributed by atoms with Crippen molar-refractivity contribution in [3.63, 3.8) is 0 Å². The minimum atomic E-state index is -0.507. The maximum atomic E-state index is 13.9. The Balaban J connectivity index is 3.18. The van der Waals surface area contributed by atoms with Gasteiger partial charge in [0, 0.05) is 0 Å². The van der Waals surface area contributed by atoms with Gasteiger partial charge in [0.1, 0.15) is 5.75 Å². The molecule has 0 aromatic heterocycles. The van der Waals surface area contributed by atoms with E-state index < -0.39 is 5.82 Å². The molecule has 0 aliphatic rings. The lowest BCUT2D eigenvalue weighted by molar-refractivity contribution is 0.0989. The number of thioether (sulfide) groups is 1. The fourth-order valence-electron chi connectivity index (χ4n) is 1.36. The number of rotatable bonds is 5. The molecule has 0 amide bonds. The number of methoxy groups -OCH3 is 1. The Kier molecular flexibility index (Phi) is 4.76. The van der Waals surface area contributed by atoms with Crippen molar-refractivity contribution in [2.75, 3.05) is 27.0 Å². The molecule has 0 radical (unpaired) electrons. The lowest BCUT2D eigenvalue weighted by Gasteiger charge is -2.10. The standard InChI is InChI=1S/C11H14FNO2S/c1-13-6-8(14)7-4-5-9(15-2)11(16-3)10(7)12/h4-5,13H,6H2,1-3H3. The second kappa shape index (κ2) is 5.86. The highest BCUT2D eigenvalue weighted by Crippen LogP contribution is 2.32. The van der Waals surface area contributed by atoms with Crippen LogP contribution in [0.4, 0.5) is 4.39 Å². The van der Waals surface area contributed by atoms with Crippen LogP contribution < -0.4 is 10.1 Å². The van der Waals surface area contributed by atoms with Crippen molar-refractivity contribution in [2.24, 2.45) is 0 Å². The first-order valence-corrected chi connectivity index (χ1v) is 5.96. The highest BCUT2D eigenvalue weighted by atomic mass is 32.2. The van der Waals surface area contributed by atoms with E-state index in [-0.39, 0.29) is 17.9 Å². The van der Waals surface area contributed by atoms with Crippen LogP contribution in [0.1, 0.15) is 10.4 Å². The molecule has 3 nitrogen and oxygen atoms in total. The third-order valence-electron chi connectivity index (χ3n) is 2.12. The van der Waals surface area contributed by atoms with Crippen LogP contribution in [-0.2, 0) is 0 Å². The van der Waals surface area contributed by atoms with Gasteiger partial charge in [0.05, 0.1) is 24.1 Å². The van der Waals surface area contributed by atoms with Crippen LogP contribution in [0.5, 0.6) is 5.75 Å². The molecule has 1 N–H and O–H groups in total. The van der Waals surface area contributed by atoms with Gasteiger partial charge in [0.25, 0.3) is 0 Å². The zero-order valence-electron chi connectivity index (χ0n) is 9.46. The predicted octanol–water partition coefficient (Wildman–Crippen LogP) is 1.96. The fraction of sp³-hybridized carbons (Fsp3) is 0.364. The number of benzene rings is 1. The summed E-state index contributed by atoms with van der Waals surface area (Å²) in [4.78, 5) is 11.9. The van der Waals surface area contributed by atoms with Crippen molar-refractivity contribution < 1.29 is 13.9 Å². The van der Waals surface area contributed by atoms with Gasteiger partial charge >= 0.3 is 0 Å². The number of halogens is 1. The summed E-state index contributed by atoms with van der Waals surface area (Å²) in [5.74, 6) is -0.323. The van der Waals surface area contributed by atoms with Crippen LogP contribution in [-0.4, -0.2) is 32.7 Å². The number of ether oxygens (including phenoxy) is 1. The normalized spacial score (nSPS) is 10.2. The molecule has 5 heteroatoms. The summed E-state index contributed by atoms with van der Waals surface area (Å²) in [6.07, 6.45) is 1.74. The second-order valence-corrected chi connectivity index (χ2v) is 3.93. The SMILES string of the molecule is CNCC(=O)c1ccc(OC)c(SC)c1F. The van der Waals surface area contributed by atoms with Crippen LogP contribution in [0.25, 0.3) is 0 Å². The molecule has 0 aliphatic carbocycles. The Labute approximate surface area is 98.4 Å². The van der Waals surface area contributed by atoms with Crippen molar-refractivity contribution in [3.8, 4) is 5.75 Å². The molecule has 0 fully saturated rings. The molecule has 0 heterocycles. The third-order valence-corrected chi connectivity index (χ3v) is 2.91. The molecule has 0 aliphatic heterocycles. The molecular weight excluding hydrogens is 229 g/mol. The van der Waals surface area contributed by atoms with Crippen LogP contribution in [0.15, 0.2) is 17.0 Å². The molecule has 0 bridgehead atoms. The van der Waals surface area contributed by atoms with Gasteiger partial charge in [-0.15, -0.1) is 11.8 Å². The summed E-state index contributed by atoms with van der Waals surface area (Å²) >= 11 is 1.22. The zero-order chi connectivity index (χ0) is 12.1. The summed E-state index contributed by atoms with van der Waals surface area (Å²) < 4.78 is 19.0. The first-order valence-electron chi connectivity index (χ1n) is 4.74. The van der Waals surface area contributed by atoms with E-state index in [0.717, 1.165) is 0 Å². The Morgan fingerprint density at radius 1 is 1.56 bits per heavy atom. The number of carbonyl (C=O) groups is 1. The second-order valence-electron chi connectivity index (χ2n) is 3.12. The van der Waals surface area contributed by atoms with E-state index in [1.54, 1.807) is 19.4 Å². The van der Waals surface area contributed by atoms with Gasteiger partial charge in [-0.25, -0.2) is 4.39 Å². The lowest BCUT2D eigenvalue weighted by atomic mass is 10.1. The number of nitrogens with one attached hydrogen (secondary N) is 1. The van der Waals surface area contributed by atoms with E-state index in [0.29, 0.717) is 10.6 Å². The minimum Gasteiger partial charge on any atom is -0.495 e. The fourth-order valence-corrected chi connectivity index (χ4v) is 2.00. The van der Waals surface area contributed by atoms with Crippen molar-refractivity contribution in [1.82, 2.24) is 5.32 Å². The number of Topliss-reactive ketones (excluding diaryl/α,β-unsaturated/α-hetero) is 1. The molecular formula is C11H14FNO2S. The molecule has 0 saturated heterocycles. The average molecular weight is 243 g/mol. The van der Waals surface area contributed by atoms with Crippen molar-refractivity contribution in [3.05, 3.63) is 23.5 Å². The Morgan fingerprint density at radius 2 is 2.25 bits per heavy atom. The van der Waals surface area contributed by atoms with Crippen LogP contribution in [0.2, 0.25) is 0 Å². The summed E-state index contributed by atoms with van der Waals surface area (Å²) in [7, 11) is 3.12. The molecule has 0 atom stereocenters. The van der Waals surface area contributed by atoms with Crippen molar-refractivity contribution >= 4 is 17.5 Å². The topological polar surface area (TPSA) is 38.3 Å². The van der Waals surface area contributed by atoms with Crippen LogP contribution >= 0.6 is 11.8 Å². The highest BCUT2D eigenvalue weighted by Gasteiger charge is 2.17. The quantitative estimate of drug-likeness (QED) is 0.634. The Hall–Kier alpha value is -1.07. The minimum absolute atomic E-state index is 0.0968. The maximum absolute atomic E-state index is 13.9. The van der Waals surface area contributed by atoms with E-state index in [1.165, 1.54) is 24.9 Å². The van der Waals surface area contributed by atoms with Gasteiger partial charge in [-0.2, -0.15) is 0 Å². The Morgan fingerprint density at radius 3 is 2.75 bits per heavy atom. The summed E-state index contributed by atoms with van der Waals surface area (Å²) in [6, 6.07) is 3.06. The van der Waals surface area contributed by atoms with E-state index in [1.807, 2.05) is 0 Å². The van der Waals surface area contributed by atoms with Gasteiger partial charge < -0.3 is 10.1 Å². The summed E-state index contributed by atoms with van der Waals surface area (Å²) in [6.45, 7) is 0.122. The molecule has 88 valence electrons. The number of likely N-dealkylation sites (N-methyl/N-ethyl adjacent to an activating group) is 1. The highest BCUT2D eigenvalue weighted by molar-refractivity contribution is 7.98. The molecule has 0 saturated carbocycles. The van der Waals surface area contributed by atoms with Gasteiger partial charge in [-0.1, -0.05) is 0 Å². The van der Waals surface area contributed by atoms with Gasteiger partial charge in [-0.3, -0.25) is 4.79 Å². The zero-order valence-corrected chi connectivity index (χ0v) is 10.3. The summed E-state index contributed by atoms with van der Waals surface area (Å²) in [5.41, 5.74) is 0.0968. The largest absolute Gasteiger partial charge is 0.495 e. The number of hydrogen-bond donors (Lipinski definition) is 1. The average Bonchev–Trinajstić information content (AvgIpc) is 2.28. The first-order chi connectivity index (χ1) is 7.65. The number of ketones is 1. The maximum Gasteiger partial charge on any atom is 0.179 e. The molecule has 16 heavy (non-hydrogen) atoms. The van der Waals surface area contributed by atoms with Crippen molar-refractivity contribution in [1.29, 1.82) is 0 Å². The summed E-state index contributed by atoms with van der Waals surface area (Å²) in [5, 5.41) is 2.70. The van der Waals surface area contributed by atoms with E-state index in [2.05, 4.69) is 5.32 Å². The lowest BCUT2D eigenvalue weighted by Crippen LogP contribution is -2.19. The Bertz CT molecular complexity index is 396. The number of hydrogen-bond acceptors (Lipinski definition) is 4. The van der Waals surface area contributed by atoms with Crippen molar-refractivity contribution in [2.45, 2.75) is 4.90 Å². The predicted molar refractivity (Wildman–Crippen MR) is 63.0 cm³/mol. The van der Waals surface area contributed by atoms with E-state index in [4.69, 9.17) is 4.74 Å². The molecule has 1 aromatic rings.